The summed E-state index contributed by atoms with van der Waals surface area (Å²) in [4.78, 5) is 0. The lowest BCUT2D eigenvalue weighted by atomic mass is 10.0. The molecule has 0 fully saturated rings. The Kier molecular flexibility index (Phi) is 3.54. The first-order chi connectivity index (χ1) is 8.54. The second-order valence-electron chi connectivity index (χ2n) is 3.93. The molecule has 2 rings (SSSR count). The molecular formula is C12H13ClFN3O. The maximum Gasteiger partial charge on any atom is 0.136 e. The molecule has 0 unspecified atom stereocenters. The number of halogens is 2. The standard InChI is InChI=1S/C12H13ClFN3O/c1-17-12(15)10(5-16-17)9-4-8(13)3-7(6-18-2)11(9)14/h3-5H,6,15H2,1-2H3. The average Bonchev–Trinajstić information content (AvgIpc) is 2.65. The molecule has 1 aromatic carbocycles. The minimum atomic E-state index is -0.388. The van der Waals surface area contributed by atoms with Gasteiger partial charge in [0.1, 0.15) is 11.6 Å². The molecule has 0 bridgehead atoms. The lowest BCUT2D eigenvalue weighted by Crippen LogP contribution is -2.00. The molecule has 4 nitrogen and oxygen atoms in total. The molecule has 0 radical (unpaired) electrons. The van der Waals surface area contributed by atoms with Crippen LogP contribution in [0.3, 0.4) is 0 Å². The first kappa shape index (κ1) is 12.9. The van der Waals surface area contributed by atoms with E-state index in [0.29, 0.717) is 27.5 Å². The molecule has 0 aliphatic heterocycles. The summed E-state index contributed by atoms with van der Waals surface area (Å²) in [6, 6.07) is 3.07. The van der Waals surface area contributed by atoms with Crippen LogP contribution in [0.25, 0.3) is 11.1 Å². The van der Waals surface area contributed by atoms with Gasteiger partial charge in [0.2, 0.25) is 0 Å². The van der Waals surface area contributed by atoms with E-state index in [1.54, 1.807) is 7.05 Å². The van der Waals surface area contributed by atoms with Crippen molar-refractivity contribution in [2.24, 2.45) is 7.05 Å². The van der Waals surface area contributed by atoms with E-state index in [2.05, 4.69) is 5.10 Å². The van der Waals surface area contributed by atoms with Crippen molar-refractivity contribution in [2.45, 2.75) is 6.61 Å². The van der Waals surface area contributed by atoms with Gasteiger partial charge in [0.25, 0.3) is 0 Å². The summed E-state index contributed by atoms with van der Waals surface area (Å²) in [7, 11) is 3.19. The van der Waals surface area contributed by atoms with E-state index in [4.69, 9.17) is 22.1 Å². The molecule has 6 heteroatoms. The normalized spacial score (nSPS) is 10.9. The highest BCUT2D eigenvalue weighted by molar-refractivity contribution is 6.31. The van der Waals surface area contributed by atoms with E-state index in [0.717, 1.165) is 0 Å². The van der Waals surface area contributed by atoms with Crippen molar-refractivity contribution in [3.63, 3.8) is 0 Å². The van der Waals surface area contributed by atoms with Crippen molar-refractivity contribution in [1.29, 1.82) is 0 Å². The fourth-order valence-corrected chi connectivity index (χ4v) is 2.00. The lowest BCUT2D eigenvalue weighted by molar-refractivity contribution is 0.181. The van der Waals surface area contributed by atoms with Crippen molar-refractivity contribution in [1.82, 2.24) is 9.78 Å². The number of hydrogen-bond acceptors (Lipinski definition) is 3. The van der Waals surface area contributed by atoms with Crippen LogP contribution in [0.5, 0.6) is 0 Å². The summed E-state index contributed by atoms with van der Waals surface area (Å²) < 4.78 is 20.7. The van der Waals surface area contributed by atoms with Crippen molar-refractivity contribution >= 4 is 17.4 Å². The quantitative estimate of drug-likeness (QED) is 0.932. The number of ether oxygens (including phenoxy) is 1. The molecule has 0 saturated heterocycles. The Labute approximate surface area is 109 Å². The fraction of sp³-hybridized carbons (Fsp3) is 0.250. The van der Waals surface area contributed by atoms with E-state index in [1.807, 2.05) is 0 Å². The third-order valence-electron chi connectivity index (χ3n) is 2.69. The number of methoxy groups -OCH3 is 1. The van der Waals surface area contributed by atoms with E-state index in [9.17, 15) is 4.39 Å². The summed E-state index contributed by atoms with van der Waals surface area (Å²) in [5, 5.41) is 4.42. The molecule has 0 amide bonds. The average molecular weight is 270 g/mol. The molecule has 0 spiro atoms. The van der Waals surface area contributed by atoms with Gasteiger partial charge in [-0.2, -0.15) is 5.10 Å². The van der Waals surface area contributed by atoms with Crippen LogP contribution in [0, 0.1) is 5.82 Å². The number of nitrogens with two attached hydrogens (primary N) is 1. The summed E-state index contributed by atoms with van der Waals surface area (Å²) >= 11 is 5.98. The topological polar surface area (TPSA) is 53.1 Å². The Balaban J connectivity index is 2.60. The van der Waals surface area contributed by atoms with Crippen molar-refractivity contribution < 1.29 is 9.13 Å². The van der Waals surface area contributed by atoms with Crippen molar-refractivity contribution in [3.05, 3.63) is 34.7 Å². The summed E-state index contributed by atoms with van der Waals surface area (Å²) in [5.41, 5.74) is 7.09. The SMILES string of the molecule is COCc1cc(Cl)cc(-c2cnn(C)c2N)c1F. The van der Waals surface area contributed by atoms with Crippen molar-refractivity contribution in [3.8, 4) is 11.1 Å². The zero-order valence-corrected chi connectivity index (χ0v) is 10.8. The maximum absolute atomic E-state index is 14.3. The second-order valence-corrected chi connectivity index (χ2v) is 4.36. The third-order valence-corrected chi connectivity index (χ3v) is 2.91. The van der Waals surface area contributed by atoms with Gasteiger partial charge in [0.15, 0.2) is 0 Å². The number of benzene rings is 1. The summed E-state index contributed by atoms with van der Waals surface area (Å²) in [5.74, 6) is 0.000448. The number of aryl methyl sites for hydroxylation is 1. The number of anilines is 1. The van der Waals surface area contributed by atoms with Crippen LogP contribution in [0.1, 0.15) is 5.56 Å². The summed E-state index contributed by atoms with van der Waals surface area (Å²) in [6.07, 6.45) is 1.51. The number of nitrogens with zero attached hydrogens (tertiary/aromatic N) is 2. The molecule has 1 aromatic heterocycles. The smallest absolute Gasteiger partial charge is 0.136 e. The number of rotatable bonds is 3. The van der Waals surface area contributed by atoms with Crippen molar-refractivity contribution in [2.75, 3.05) is 12.8 Å². The summed E-state index contributed by atoms with van der Waals surface area (Å²) in [6.45, 7) is 0.152. The second kappa shape index (κ2) is 4.96. The van der Waals surface area contributed by atoms with Crippen LogP contribution in [0.15, 0.2) is 18.3 Å². The highest BCUT2D eigenvalue weighted by Gasteiger charge is 2.16. The molecule has 96 valence electrons. The minimum absolute atomic E-state index is 0.152. The Morgan fingerprint density at radius 1 is 1.44 bits per heavy atom. The molecule has 0 aliphatic rings. The zero-order chi connectivity index (χ0) is 13.3. The van der Waals surface area contributed by atoms with Gasteiger partial charge in [-0.05, 0) is 12.1 Å². The highest BCUT2D eigenvalue weighted by Crippen LogP contribution is 2.32. The van der Waals surface area contributed by atoms with E-state index >= 15 is 0 Å². The van der Waals surface area contributed by atoms with Crippen LogP contribution in [-0.4, -0.2) is 16.9 Å². The molecule has 2 N–H and O–H groups in total. The molecular weight excluding hydrogens is 257 g/mol. The van der Waals surface area contributed by atoms with Gasteiger partial charge >= 0.3 is 0 Å². The fourth-order valence-electron chi connectivity index (χ4n) is 1.76. The van der Waals surface area contributed by atoms with E-state index < -0.39 is 0 Å². The first-order valence-corrected chi connectivity index (χ1v) is 5.67. The maximum atomic E-state index is 14.3. The lowest BCUT2D eigenvalue weighted by Gasteiger charge is -2.08. The van der Waals surface area contributed by atoms with Crippen LogP contribution >= 0.6 is 11.6 Å². The van der Waals surface area contributed by atoms with Gasteiger partial charge < -0.3 is 10.5 Å². The van der Waals surface area contributed by atoms with Gasteiger partial charge in [-0.15, -0.1) is 0 Å². The number of hydrogen-bond donors (Lipinski definition) is 1. The minimum Gasteiger partial charge on any atom is -0.383 e. The number of aromatic nitrogens is 2. The van der Waals surface area contributed by atoms with Crippen LogP contribution in [0.4, 0.5) is 10.2 Å². The van der Waals surface area contributed by atoms with Gasteiger partial charge in [-0.25, -0.2) is 4.39 Å². The van der Waals surface area contributed by atoms with Crippen LogP contribution in [-0.2, 0) is 18.4 Å². The first-order valence-electron chi connectivity index (χ1n) is 5.29. The molecule has 1 heterocycles. The van der Waals surface area contributed by atoms with Crippen LogP contribution in [0.2, 0.25) is 5.02 Å². The van der Waals surface area contributed by atoms with Gasteiger partial charge in [0.05, 0.1) is 12.8 Å². The Morgan fingerprint density at radius 3 is 2.72 bits per heavy atom. The number of nitrogen functional groups attached to an aromatic ring is 1. The monoisotopic (exact) mass is 269 g/mol. The van der Waals surface area contributed by atoms with Gasteiger partial charge in [-0.3, -0.25) is 4.68 Å². The predicted octanol–water partition coefficient (Wildman–Crippen LogP) is 2.61. The van der Waals surface area contributed by atoms with E-state index in [-0.39, 0.29) is 12.4 Å². The zero-order valence-electron chi connectivity index (χ0n) is 10.1. The largest absolute Gasteiger partial charge is 0.383 e. The highest BCUT2D eigenvalue weighted by atomic mass is 35.5. The third kappa shape index (κ3) is 2.19. The van der Waals surface area contributed by atoms with E-state index in [1.165, 1.54) is 30.1 Å². The molecule has 2 aromatic rings. The Bertz CT molecular complexity index is 583. The molecule has 0 saturated carbocycles. The predicted molar refractivity (Wildman–Crippen MR) is 68.7 cm³/mol. The molecule has 18 heavy (non-hydrogen) atoms. The molecule has 0 aliphatic carbocycles. The van der Waals surface area contributed by atoms with Gasteiger partial charge in [0, 0.05) is 35.9 Å². The molecule has 0 atom stereocenters. The Morgan fingerprint density at radius 2 is 2.17 bits per heavy atom. The van der Waals surface area contributed by atoms with Crippen LogP contribution < -0.4 is 5.73 Å². The Hall–Kier alpha value is -1.59. The van der Waals surface area contributed by atoms with Gasteiger partial charge in [-0.1, -0.05) is 11.6 Å².